The first-order chi connectivity index (χ1) is 19.2. The van der Waals surface area contributed by atoms with E-state index < -0.39 is 36.2 Å². The molecule has 0 radical (unpaired) electrons. The van der Waals surface area contributed by atoms with Gasteiger partial charge in [0.1, 0.15) is 0 Å². The third-order valence-corrected chi connectivity index (χ3v) is 6.18. The normalized spacial score (nSPS) is 11.3. The highest BCUT2D eigenvalue weighted by molar-refractivity contribution is 5.98. The maximum Gasteiger partial charge on any atom is 0.303 e. The van der Waals surface area contributed by atoms with Gasteiger partial charge in [0.05, 0.1) is 18.9 Å². The first kappa shape index (κ1) is 31.7. The van der Waals surface area contributed by atoms with E-state index in [1.165, 1.54) is 0 Å². The summed E-state index contributed by atoms with van der Waals surface area (Å²) >= 11 is 0. The minimum absolute atomic E-state index is 0.0228. The Morgan fingerprint density at radius 3 is 2.40 bits per heavy atom. The Labute approximate surface area is 232 Å². The maximum absolute atomic E-state index is 12.8. The van der Waals surface area contributed by atoms with Gasteiger partial charge in [-0.05, 0) is 43.4 Å². The van der Waals surface area contributed by atoms with Gasteiger partial charge in [0.15, 0.2) is 0 Å². The first-order valence-corrected chi connectivity index (χ1v) is 13.2. The minimum Gasteiger partial charge on any atom is -0.481 e. The van der Waals surface area contributed by atoms with Gasteiger partial charge in [0, 0.05) is 43.0 Å². The van der Waals surface area contributed by atoms with E-state index in [0.29, 0.717) is 38.6 Å². The smallest absolute Gasteiger partial charge is 0.303 e. The molecule has 216 valence electrons. The lowest BCUT2D eigenvalue weighted by Gasteiger charge is -2.17. The Morgan fingerprint density at radius 1 is 0.900 bits per heavy atom. The van der Waals surface area contributed by atoms with Crippen LogP contribution in [0.15, 0.2) is 43.1 Å². The fourth-order valence-corrected chi connectivity index (χ4v) is 4.00. The van der Waals surface area contributed by atoms with Crippen LogP contribution in [0.1, 0.15) is 50.5 Å². The van der Waals surface area contributed by atoms with E-state index in [9.17, 15) is 28.8 Å². The lowest BCUT2D eigenvalue weighted by atomic mass is 10.0. The molecule has 0 fully saturated rings. The van der Waals surface area contributed by atoms with Gasteiger partial charge >= 0.3 is 5.97 Å². The highest BCUT2D eigenvalue weighted by Gasteiger charge is 2.21. The molecule has 1 heterocycles. The van der Waals surface area contributed by atoms with Crippen molar-refractivity contribution in [2.24, 2.45) is 5.92 Å². The van der Waals surface area contributed by atoms with Crippen molar-refractivity contribution >= 4 is 46.4 Å². The number of aromatic amines is 1. The number of carboxylic acid groups (broad SMARTS) is 1. The van der Waals surface area contributed by atoms with Crippen molar-refractivity contribution in [3.63, 3.8) is 0 Å². The molecular formula is C28H37N5O7. The Kier molecular flexibility index (Phi) is 13.6. The summed E-state index contributed by atoms with van der Waals surface area (Å²) in [6.07, 6.45) is 5.52. The largest absolute Gasteiger partial charge is 0.481 e. The van der Waals surface area contributed by atoms with Gasteiger partial charge in [-0.3, -0.25) is 34.1 Å². The van der Waals surface area contributed by atoms with Crippen LogP contribution < -0.4 is 21.3 Å². The molecule has 0 saturated carbocycles. The summed E-state index contributed by atoms with van der Waals surface area (Å²) in [4.78, 5) is 74.1. The van der Waals surface area contributed by atoms with E-state index in [-0.39, 0.29) is 37.6 Å². The zero-order valence-electron chi connectivity index (χ0n) is 22.4. The van der Waals surface area contributed by atoms with Gasteiger partial charge in [-0.15, -0.1) is 0 Å². The number of unbranched alkanes of at least 4 members (excludes halogenated alkanes) is 1. The summed E-state index contributed by atoms with van der Waals surface area (Å²) in [7, 11) is 0. The van der Waals surface area contributed by atoms with E-state index in [1.54, 1.807) is 0 Å². The van der Waals surface area contributed by atoms with Gasteiger partial charge < -0.3 is 26.0 Å². The average molecular weight is 556 g/mol. The van der Waals surface area contributed by atoms with E-state index in [0.717, 1.165) is 22.5 Å². The number of rotatable bonds is 18. The molecular weight excluding hydrogens is 518 g/mol. The second kappa shape index (κ2) is 17.2. The standard InChI is InChI=1S/C28H37N5O7/c1-2-23(34)29-15-6-5-8-20(28(40)33-26(37)18-32-25(36)13-14-27(38)39)17-31-24(35)12-7-9-19-16-30-22-11-4-3-10-21(19)22/h2-4,10-11,16,20,30H,1,5-9,12-15,17-18H2,(H,29,34)(H,31,35)(H,32,36)(H,38,39)(H,33,37,40)/t20-/m1/s1. The molecule has 40 heavy (non-hydrogen) atoms. The zero-order chi connectivity index (χ0) is 29.3. The van der Waals surface area contributed by atoms with E-state index in [1.807, 2.05) is 30.5 Å². The van der Waals surface area contributed by atoms with Crippen LogP contribution >= 0.6 is 0 Å². The number of benzene rings is 1. The number of aliphatic carboxylic acids is 1. The second-order valence-corrected chi connectivity index (χ2v) is 9.29. The number of H-pyrrole nitrogens is 1. The molecule has 5 amide bonds. The number of carboxylic acids is 1. The van der Waals surface area contributed by atoms with Crippen molar-refractivity contribution in [3.05, 3.63) is 48.7 Å². The number of imide groups is 1. The van der Waals surface area contributed by atoms with Crippen LogP contribution in [0.5, 0.6) is 0 Å². The Hall–Kier alpha value is -4.48. The van der Waals surface area contributed by atoms with Crippen molar-refractivity contribution in [2.45, 2.75) is 51.4 Å². The van der Waals surface area contributed by atoms with Crippen molar-refractivity contribution in [1.82, 2.24) is 26.3 Å². The number of hydrogen-bond acceptors (Lipinski definition) is 6. The number of para-hydroxylation sites is 1. The molecule has 6 N–H and O–H groups in total. The number of carbonyl (C=O) groups is 6. The summed E-state index contributed by atoms with van der Waals surface area (Å²) < 4.78 is 0. The van der Waals surface area contributed by atoms with E-state index in [2.05, 4.69) is 32.8 Å². The molecule has 0 aliphatic heterocycles. The topological polar surface area (TPSA) is 187 Å². The molecule has 1 aromatic heterocycles. The Bertz CT molecular complexity index is 1210. The fourth-order valence-electron chi connectivity index (χ4n) is 4.00. The fraction of sp³-hybridized carbons (Fsp3) is 0.429. The van der Waals surface area contributed by atoms with Gasteiger partial charge in [-0.1, -0.05) is 31.2 Å². The van der Waals surface area contributed by atoms with Gasteiger partial charge in [0.25, 0.3) is 0 Å². The molecule has 0 bridgehead atoms. The van der Waals surface area contributed by atoms with Crippen molar-refractivity contribution in [1.29, 1.82) is 0 Å². The van der Waals surface area contributed by atoms with E-state index >= 15 is 0 Å². The number of hydrogen-bond donors (Lipinski definition) is 6. The van der Waals surface area contributed by atoms with Crippen molar-refractivity contribution < 1.29 is 33.9 Å². The van der Waals surface area contributed by atoms with E-state index in [4.69, 9.17) is 5.11 Å². The quantitative estimate of drug-likeness (QED) is 0.118. The first-order valence-electron chi connectivity index (χ1n) is 13.2. The number of carbonyl (C=O) groups excluding carboxylic acids is 5. The molecule has 12 nitrogen and oxygen atoms in total. The number of nitrogens with one attached hydrogen (secondary N) is 5. The van der Waals surface area contributed by atoms with Crippen LogP contribution in [0.2, 0.25) is 0 Å². The van der Waals surface area contributed by atoms with Crippen LogP contribution in [-0.4, -0.2) is 65.2 Å². The lowest BCUT2D eigenvalue weighted by molar-refractivity contribution is -0.138. The summed E-state index contributed by atoms with van der Waals surface area (Å²) in [6.45, 7) is 3.31. The van der Waals surface area contributed by atoms with Gasteiger partial charge in [-0.25, -0.2) is 0 Å². The molecule has 0 spiro atoms. The number of aryl methyl sites for hydroxylation is 1. The second-order valence-electron chi connectivity index (χ2n) is 9.29. The minimum atomic E-state index is -1.14. The molecule has 0 aliphatic carbocycles. The van der Waals surface area contributed by atoms with Crippen molar-refractivity contribution in [3.8, 4) is 0 Å². The molecule has 0 saturated heterocycles. The van der Waals surface area contributed by atoms with Gasteiger partial charge in [0.2, 0.25) is 29.5 Å². The summed E-state index contributed by atoms with van der Waals surface area (Å²) in [5, 5.41) is 19.7. The summed E-state index contributed by atoms with van der Waals surface area (Å²) in [6, 6.07) is 7.92. The third kappa shape index (κ3) is 11.9. The molecule has 2 aromatic rings. The summed E-state index contributed by atoms with van der Waals surface area (Å²) in [5.74, 6) is -4.33. The highest BCUT2D eigenvalue weighted by atomic mass is 16.4. The van der Waals surface area contributed by atoms with Gasteiger partial charge in [-0.2, -0.15) is 0 Å². The summed E-state index contributed by atoms with van der Waals surface area (Å²) in [5.41, 5.74) is 2.16. The highest BCUT2D eigenvalue weighted by Crippen LogP contribution is 2.19. The SMILES string of the molecule is C=CC(=O)NCCCC[C@H](CNC(=O)CCCc1c[nH]c2ccccc12)C(=O)NC(=O)CNC(=O)CCC(=O)O. The van der Waals surface area contributed by atoms with Crippen LogP contribution in [-0.2, 0) is 35.2 Å². The molecule has 0 aliphatic rings. The Balaban J connectivity index is 1.82. The molecule has 1 atom stereocenters. The van der Waals surface area contributed by atoms with Crippen LogP contribution in [0.25, 0.3) is 10.9 Å². The Morgan fingerprint density at radius 2 is 1.65 bits per heavy atom. The predicted octanol–water partition coefficient (Wildman–Crippen LogP) is 1.32. The average Bonchev–Trinajstić information content (AvgIpc) is 3.34. The number of amides is 5. The molecule has 1 aromatic carbocycles. The lowest BCUT2D eigenvalue weighted by Crippen LogP contribution is -2.45. The van der Waals surface area contributed by atoms with Crippen LogP contribution in [0.4, 0.5) is 0 Å². The molecule has 0 unspecified atom stereocenters. The number of aromatic nitrogens is 1. The van der Waals surface area contributed by atoms with Crippen LogP contribution in [0.3, 0.4) is 0 Å². The molecule has 2 rings (SSSR count). The maximum atomic E-state index is 12.8. The number of fused-ring (bicyclic) bond motifs is 1. The van der Waals surface area contributed by atoms with Crippen molar-refractivity contribution in [2.75, 3.05) is 19.6 Å². The predicted molar refractivity (Wildman–Crippen MR) is 148 cm³/mol. The monoisotopic (exact) mass is 555 g/mol. The van der Waals surface area contributed by atoms with Crippen LogP contribution in [0, 0.1) is 5.92 Å². The zero-order valence-corrected chi connectivity index (χ0v) is 22.4. The molecule has 12 heteroatoms. The third-order valence-electron chi connectivity index (χ3n) is 6.18.